The Morgan fingerprint density at radius 3 is 3.06 bits per heavy atom. The SMILES string of the molecule is CC1CN(c2ncc(C#CCN)s2)S(=O)(=O)C1. The summed E-state index contributed by atoms with van der Waals surface area (Å²) in [5.74, 6) is 5.90. The first kappa shape index (κ1) is 12.4. The maximum Gasteiger partial charge on any atom is 0.237 e. The minimum atomic E-state index is -3.19. The van der Waals surface area contributed by atoms with Crippen molar-refractivity contribution in [2.24, 2.45) is 11.7 Å². The van der Waals surface area contributed by atoms with Gasteiger partial charge in [0.25, 0.3) is 0 Å². The van der Waals surface area contributed by atoms with E-state index in [4.69, 9.17) is 5.73 Å². The van der Waals surface area contributed by atoms with E-state index in [0.717, 1.165) is 4.88 Å². The Kier molecular flexibility index (Phi) is 3.38. The number of aromatic nitrogens is 1. The summed E-state index contributed by atoms with van der Waals surface area (Å²) in [6, 6.07) is 0. The van der Waals surface area contributed by atoms with E-state index < -0.39 is 10.0 Å². The number of rotatable bonds is 1. The smallest absolute Gasteiger partial charge is 0.237 e. The van der Waals surface area contributed by atoms with Crippen LogP contribution in [0.4, 0.5) is 5.13 Å². The minimum Gasteiger partial charge on any atom is -0.320 e. The lowest BCUT2D eigenvalue weighted by Crippen LogP contribution is -2.24. The monoisotopic (exact) mass is 271 g/mol. The van der Waals surface area contributed by atoms with Gasteiger partial charge in [0.2, 0.25) is 10.0 Å². The highest BCUT2D eigenvalue weighted by Gasteiger charge is 2.35. The maximum absolute atomic E-state index is 11.8. The Hall–Kier alpha value is -1.10. The van der Waals surface area contributed by atoms with Gasteiger partial charge in [-0.1, -0.05) is 30.1 Å². The molecule has 1 unspecified atom stereocenters. The van der Waals surface area contributed by atoms with Gasteiger partial charge in [0.05, 0.1) is 23.4 Å². The number of hydrogen-bond donors (Lipinski definition) is 1. The van der Waals surface area contributed by atoms with Crippen LogP contribution in [0.15, 0.2) is 6.20 Å². The molecule has 1 saturated heterocycles. The van der Waals surface area contributed by atoms with Crippen LogP contribution in [0, 0.1) is 17.8 Å². The van der Waals surface area contributed by atoms with Crippen molar-refractivity contribution >= 4 is 26.5 Å². The van der Waals surface area contributed by atoms with Crippen LogP contribution in [0.1, 0.15) is 11.8 Å². The first-order valence-electron chi connectivity index (χ1n) is 5.18. The van der Waals surface area contributed by atoms with E-state index in [-0.39, 0.29) is 18.2 Å². The third-order valence-electron chi connectivity index (χ3n) is 2.33. The quantitative estimate of drug-likeness (QED) is 0.742. The van der Waals surface area contributed by atoms with E-state index in [9.17, 15) is 8.42 Å². The molecular weight excluding hydrogens is 258 g/mol. The maximum atomic E-state index is 11.8. The highest BCUT2D eigenvalue weighted by Crippen LogP contribution is 2.30. The summed E-state index contributed by atoms with van der Waals surface area (Å²) in [4.78, 5) is 4.84. The van der Waals surface area contributed by atoms with E-state index in [0.29, 0.717) is 11.7 Å². The lowest BCUT2D eigenvalue weighted by molar-refractivity contribution is 0.598. The third kappa shape index (κ3) is 2.60. The number of nitrogens with two attached hydrogens (primary N) is 1. The van der Waals surface area contributed by atoms with Crippen LogP contribution in [-0.4, -0.2) is 32.2 Å². The Bertz CT molecular complexity index is 568. The van der Waals surface area contributed by atoms with Crippen LogP contribution >= 0.6 is 11.3 Å². The van der Waals surface area contributed by atoms with Crippen molar-refractivity contribution in [3.05, 3.63) is 11.1 Å². The molecule has 1 aromatic rings. The topological polar surface area (TPSA) is 76.3 Å². The minimum absolute atomic E-state index is 0.141. The summed E-state index contributed by atoms with van der Waals surface area (Å²) in [5, 5.41) is 0.496. The standard InChI is InChI=1S/C10H13N3O2S2/c1-8-6-13(17(14,15)7-8)10-12-5-9(16-10)3-2-4-11/h5,8H,4,6-7,11H2,1H3. The zero-order chi connectivity index (χ0) is 12.5. The van der Waals surface area contributed by atoms with E-state index >= 15 is 0 Å². The third-order valence-corrected chi connectivity index (χ3v) is 5.36. The molecule has 0 saturated carbocycles. The predicted octanol–water partition coefficient (Wildman–Crippen LogP) is 0.239. The van der Waals surface area contributed by atoms with E-state index in [1.807, 2.05) is 6.92 Å². The number of sulfonamides is 1. The average molecular weight is 271 g/mol. The molecule has 1 aromatic heterocycles. The number of nitrogens with zero attached hydrogens (tertiary/aromatic N) is 2. The van der Waals surface area contributed by atoms with Crippen LogP contribution in [0.5, 0.6) is 0 Å². The second-order valence-corrected chi connectivity index (χ2v) is 6.87. The lowest BCUT2D eigenvalue weighted by atomic mass is 10.2. The molecule has 1 atom stereocenters. The van der Waals surface area contributed by atoms with Crippen molar-refractivity contribution in [2.45, 2.75) is 6.92 Å². The van der Waals surface area contributed by atoms with Gasteiger partial charge < -0.3 is 5.73 Å². The van der Waals surface area contributed by atoms with Crippen molar-refractivity contribution in [1.29, 1.82) is 0 Å². The number of hydrogen-bond acceptors (Lipinski definition) is 5. The zero-order valence-electron chi connectivity index (χ0n) is 9.38. The molecule has 2 N–H and O–H groups in total. The fraction of sp³-hybridized carbons (Fsp3) is 0.500. The fourth-order valence-electron chi connectivity index (χ4n) is 1.67. The first-order valence-corrected chi connectivity index (χ1v) is 7.60. The van der Waals surface area contributed by atoms with Gasteiger partial charge in [-0.3, -0.25) is 0 Å². The highest BCUT2D eigenvalue weighted by molar-refractivity contribution is 7.93. The molecule has 1 fully saturated rings. The Morgan fingerprint density at radius 2 is 2.47 bits per heavy atom. The molecule has 0 spiro atoms. The van der Waals surface area contributed by atoms with Crippen LogP contribution in [0.2, 0.25) is 0 Å². The van der Waals surface area contributed by atoms with Crippen molar-refractivity contribution in [2.75, 3.05) is 23.1 Å². The number of thiazole rings is 1. The van der Waals surface area contributed by atoms with Crippen molar-refractivity contribution in [1.82, 2.24) is 4.98 Å². The van der Waals surface area contributed by atoms with Gasteiger partial charge in [-0.15, -0.1) is 0 Å². The molecule has 5 nitrogen and oxygen atoms in total. The van der Waals surface area contributed by atoms with Gasteiger partial charge in [-0.05, 0) is 5.92 Å². The number of anilines is 1. The average Bonchev–Trinajstić information content (AvgIpc) is 2.79. The largest absolute Gasteiger partial charge is 0.320 e. The van der Waals surface area contributed by atoms with E-state index in [2.05, 4.69) is 16.8 Å². The van der Waals surface area contributed by atoms with Crippen LogP contribution in [0.3, 0.4) is 0 Å². The summed E-state index contributed by atoms with van der Waals surface area (Å²) in [6.07, 6.45) is 1.58. The molecular formula is C10H13N3O2S2. The van der Waals surface area contributed by atoms with Crippen LogP contribution in [-0.2, 0) is 10.0 Å². The Labute approximate surface area is 105 Å². The van der Waals surface area contributed by atoms with Crippen molar-refractivity contribution in [3.63, 3.8) is 0 Å². The summed E-state index contributed by atoms with van der Waals surface area (Å²) in [6.45, 7) is 2.70. The second kappa shape index (κ2) is 4.64. The van der Waals surface area contributed by atoms with E-state index in [1.54, 1.807) is 6.20 Å². The molecule has 7 heteroatoms. The molecule has 0 aromatic carbocycles. The molecule has 0 aliphatic carbocycles. The van der Waals surface area contributed by atoms with Crippen LogP contribution < -0.4 is 10.0 Å². The summed E-state index contributed by atoms with van der Waals surface area (Å²) in [5.41, 5.74) is 5.27. The molecule has 17 heavy (non-hydrogen) atoms. The first-order chi connectivity index (χ1) is 8.03. The molecule has 2 heterocycles. The normalized spacial score (nSPS) is 22.2. The van der Waals surface area contributed by atoms with Gasteiger partial charge in [0, 0.05) is 6.54 Å². The zero-order valence-corrected chi connectivity index (χ0v) is 11.0. The van der Waals surface area contributed by atoms with Gasteiger partial charge in [-0.2, -0.15) is 0 Å². The van der Waals surface area contributed by atoms with Crippen molar-refractivity contribution < 1.29 is 8.42 Å². The van der Waals surface area contributed by atoms with Gasteiger partial charge in [0.1, 0.15) is 0 Å². The van der Waals surface area contributed by atoms with E-state index in [1.165, 1.54) is 15.6 Å². The molecule has 0 amide bonds. The molecule has 2 rings (SSSR count). The summed E-state index contributed by atoms with van der Waals surface area (Å²) >= 11 is 1.28. The lowest BCUT2D eigenvalue weighted by Gasteiger charge is -2.12. The summed E-state index contributed by atoms with van der Waals surface area (Å²) in [7, 11) is -3.19. The van der Waals surface area contributed by atoms with Crippen molar-refractivity contribution in [3.8, 4) is 11.8 Å². The Morgan fingerprint density at radius 1 is 1.71 bits per heavy atom. The Balaban J connectivity index is 2.26. The fourth-order valence-corrected chi connectivity index (χ4v) is 4.60. The van der Waals surface area contributed by atoms with Gasteiger partial charge in [-0.25, -0.2) is 17.7 Å². The van der Waals surface area contributed by atoms with Crippen LogP contribution in [0.25, 0.3) is 0 Å². The van der Waals surface area contributed by atoms with Gasteiger partial charge >= 0.3 is 0 Å². The molecule has 0 radical (unpaired) electrons. The predicted molar refractivity (Wildman–Crippen MR) is 68.3 cm³/mol. The molecule has 0 bridgehead atoms. The molecule has 1 aliphatic rings. The second-order valence-electron chi connectivity index (χ2n) is 3.93. The summed E-state index contributed by atoms with van der Waals surface area (Å²) < 4.78 is 25.0. The van der Waals surface area contributed by atoms with Gasteiger partial charge in [0.15, 0.2) is 5.13 Å². The molecule has 92 valence electrons. The molecule has 1 aliphatic heterocycles. The highest BCUT2D eigenvalue weighted by atomic mass is 32.2.